The topological polar surface area (TPSA) is 108 Å². The molecule has 3 N–H and O–H groups in total. The first-order valence-electron chi connectivity index (χ1n) is 12.9. The summed E-state index contributed by atoms with van der Waals surface area (Å²) in [7, 11) is 0. The van der Waals surface area contributed by atoms with Gasteiger partial charge in [0.05, 0.1) is 0 Å². The highest BCUT2D eigenvalue weighted by Crippen LogP contribution is 2.24. The summed E-state index contributed by atoms with van der Waals surface area (Å²) in [5.41, 5.74) is 4.47. The van der Waals surface area contributed by atoms with Crippen molar-refractivity contribution in [2.45, 2.75) is 57.4 Å². The molecule has 0 radical (unpaired) electrons. The van der Waals surface area contributed by atoms with Gasteiger partial charge in [-0.25, -0.2) is 9.78 Å². The number of benzene rings is 2. The number of hydrogen-bond donors (Lipinski definition) is 3. The molecule has 7 nitrogen and oxygen atoms in total. The number of carboxylic acid groups (broad SMARTS) is 1. The van der Waals surface area contributed by atoms with Gasteiger partial charge in [0.15, 0.2) is 0 Å². The molecule has 1 heterocycles. The summed E-state index contributed by atoms with van der Waals surface area (Å²) in [4.78, 5) is 41.4. The van der Waals surface area contributed by atoms with Crippen molar-refractivity contribution < 1.29 is 19.5 Å². The van der Waals surface area contributed by atoms with E-state index >= 15 is 0 Å². The van der Waals surface area contributed by atoms with Gasteiger partial charge in [0.25, 0.3) is 5.91 Å². The largest absolute Gasteiger partial charge is 0.480 e. The number of aromatic nitrogens is 1. The summed E-state index contributed by atoms with van der Waals surface area (Å²) in [5, 5.41) is 15.7. The number of ketones is 1. The van der Waals surface area contributed by atoms with Gasteiger partial charge in [-0.15, -0.1) is 0 Å². The van der Waals surface area contributed by atoms with Crippen LogP contribution < -0.4 is 10.6 Å². The first-order chi connectivity index (χ1) is 18.0. The zero-order valence-corrected chi connectivity index (χ0v) is 20.9. The molecule has 0 bridgehead atoms. The molecule has 7 heteroatoms. The highest BCUT2D eigenvalue weighted by Gasteiger charge is 2.24. The molecular formula is C30H33N3O4. The molecule has 37 heavy (non-hydrogen) atoms. The smallest absolute Gasteiger partial charge is 0.326 e. The highest BCUT2D eigenvalue weighted by molar-refractivity contribution is 5.98. The molecule has 0 fully saturated rings. The van der Waals surface area contributed by atoms with E-state index in [1.54, 1.807) is 12.3 Å². The number of nitrogens with one attached hydrogen (secondary N) is 2. The number of carbonyl (C=O) groups excluding carboxylic acids is 2. The van der Waals surface area contributed by atoms with Crippen molar-refractivity contribution in [2.75, 3.05) is 11.9 Å². The molecular weight excluding hydrogens is 466 g/mol. The van der Waals surface area contributed by atoms with Crippen LogP contribution in [0.15, 0.2) is 66.9 Å². The number of Topliss-reactive ketones (excluding diaryl/α,β-unsaturated/α-hetero) is 1. The molecule has 0 spiro atoms. The van der Waals surface area contributed by atoms with E-state index in [0.717, 1.165) is 54.6 Å². The van der Waals surface area contributed by atoms with Gasteiger partial charge < -0.3 is 15.7 Å². The van der Waals surface area contributed by atoms with Crippen LogP contribution in [0.3, 0.4) is 0 Å². The van der Waals surface area contributed by atoms with Gasteiger partial charge >= 0.3 is 5.97 Å². The lowest BCUT2D eigenvalue weighted by Gasteiger charge is -2.20. The Morgan fingerprint density at radius 2 is 1.70 bits per heavy atom. The van der Waals surface area contributed by atoms with Crippen LogP contribution in [0.2, 0.25) is 0 Å². The van der Waals surface area contributed by atoms with Gasteiger partial charge in [0.1, 0.15) is 17.6 Å². The Morgan fingerprint density at radius 1 is 0.919 bits per heavy atom. The van der Waals surface area contributed by atoms with Gasteiger partial charge in [-0.2, -0.15) is 0 Å². The first-order valence-corrected chi connectivity index (χ1v) is 12.9. The number of hydrogen-bond acceptors (Lipinski definition) is 5. The van der Waals surface area contributed by atoms with E-state index in [-0.39, 0.29) is 18.1 Å². The van der Waals surface area contributed by atoms with E-state index in [4.69, 9.17) is 0 Å². The SMILES string of the molecule is O=C(CCCNc1ccccn1)Cc1ccc(C[C@H](NC(=O)c2cccc3c2CCCC3)C(=O)O)cc1. The predicted octanol–water partition coefficient (Wildman–Crippen LogP) is 4.39. The fraction of sp³-hybridized carbons (Fsp3) is 0.333. The van der Waals surface area contributed by atoms with Gasteiger partial charge in [-0.3, -0.25) is 9.59 Å². The third-order valence-corrected chi connectivity index (χ3v) is 6.71. The molecule has 1 amide bonds. The predicted molar refractivity (Wildman–Crippen MR) is 143 cm³/mol. The molecule has 192 valence electrons. The molecule has 1 atom stereocenters. The normalized spacial score (nSPS) is 13.3. The number of carboxylic acids is 1. The van der Waals surface area contributed by atoms with E-state index in [0.29, 0.717) is 24.9 Å². The lowest BCUT2D eigenvalue weighted by Crippen LogP contribution is -2.42. The molecule has 0 saturated carbocycles. The van der Waals surface area contributed by atoms with Crippen molar-refractivity contribution in [1.82, 2.24) is 10.3 Å². The van der Waals surface area contributed by atoms with Gasteiger partial charge in [-0.1, -0.05) is 42.5 Å². The van der Waals surface area contributed by atoms with Crippen molar-refractivity contribution in [1.29, 1.82) is 0 Å². The van der Waals surface area contributed by atoms with Crippen molar-refractivity contribution in [3.63, 3.8) is 0 Å². The Balaban J connectivity index is 1.27. The van der Waals surface area contributed by atoms with Crippen LogP contribution in [0.5, 0.6) is 0 Å². The van der Waals surface area contributed by atoms with E-state index < -0.39 is 12.0 Å². The quantitative estimate of drug-likeness (QED) is 0.319. The Kier molecular flexibility index (Phi) is 9.03. The highest BCUT2D eigenvalue weighted by atomic mass is 16.4. The summed E-state index contributed by atoms with van der Waals surface area (Å²) in [6.45, 7) is 0.676. The summed E-state index contributed by atoms with van der Waals surface area (Å²) in [5.74, 6) is -0.468. The first kappa shape index (κ1) is 26.1. The minimum atomic E-state index is -1.07. The monoisotopic (exact) mass is 499 g/mol. The number of pyridine rings is 1. The van der Waals surface area contributed by atoms with Crippen molar-refractivity contribution >= 4 is 23.5 Å². The molecule has 1 aromatic heterocycles. The van der Waals surface area contributed by atoms with Crippen LogP contribution in [-0.4, -0.2) is 40.3 Å². The van der Waals surface area contributed by atoms with E-state index in [1.165, 1.54) is 5.56 Å². The average Bonchev–Trinajstić information content (AvgIpc) is 2.92. The van der Waals surface area contributed by atoms with E-state index in [9.17, 15) is 19.5 Å². The Labute approximate surface area is 217 Å². The molecule has 4 rings (SSSR count). The molecule has 0 aliphatic heterocycles. The lowest BCUT2D eigenvalue weighted by atomic mass is 9.88. The molecule has 1 aliphatic rings. The summed E-state index contributed by atoms with van der Waals surface area (Å²) >= 11 is 0. The van der Waals surface area contributed by atoms with E-state index in [1.807, 2.05) is 54.6 Å². The summed E-state index contributed by atoms with van der Waals surface area (Å²) < 4.78 is 0. The van der Waals surface area contributed by atoms with Crippen LogP contribution in [0, 0.1) is 0 Å². The van der Waals surface area contributed by atoms with Crippen LogP contribution in [0.4, 0.5) is 5.82 Å². The Bertz CT molecular complexity index is 1230. The number of fused-ring (bicyclic) bond motifs is 1. The van der Waals surface area contributed by atoms with Crippen LogP contribution in [-0.2, 0) is 35.3 Å². The van der Waals surface area contributed by atoms with Crippen LogP contribution in [0.25, 0.3) is 0 Å². The van der Waals surface area contributed by atoms with Crippen LogP contribution in [0.1, 0.15) is 58.3 Å². The number of anilines is 1. The van der Waals surface area contributed by atoms with Gasteiger partial charge in [-0.05, 0) is 72.6 Å². The Morgan fingerprint density at radius 3 is 2.46 bits per heavy atom. The van der Waals surface area contributed by atoms with Gasteiger partial charge in [0, 0.05) is 37.6 Å². The second kappa shape index (κ2) is 12.8. The molecule has 0 unspecified atom stereocenters. The number of nitrogens with zero attached hydrogens (tertiary/aromatic N) is 1. The van der Waals surface area contributed by atoms with Gasteiger partial charge in [0.2, 0.25) is 0 Å². The van der Waals surface area contributed by atoms with Crippen molar-refractivity contribution in [3.05, 3.63) is 94.7 Å². The zero-order chi connectivity index (χ0) is 26.0. The molecule has 2 aromatic carbocycles. The third kappa shape index (κ3) is 7.49. The second-order valence-corrected chi connectivity index (χ2v) is 9.50. The number of amides is 1. The standard InChI is InChI=1S/C30H33N3O4/c34-24(9-6-18-32-28-12-3-4-17-31-28)19-21-13-15-22(16-14-21)20-27(30(36)37)33-29(35)26-11-5-8-23-7-1-2-10-25(23)26/h3-5,8,11-17,27H,1-2,6-7,9-10,18-20H2,(H,31,32)(H,33,35)(H,36,37)/t27-/m0/s1. The summed E-state index contributed by atoms with van der Waals surface area (Å²) in [6, 6.07) is 17.7. The van der Waals surface area contributed by atoms with E-state index in [2.05, 4.69) is 15.6 Å². The number of aliphatic carboxylic acids is 1. The molecule has 1 aliphatic carbocycles. The average molecular weight is 500 g/mol. The fourth-order valence-electron chi connectivity index (χ4n) is 4.74. The third-order valence-electron chi connectivity index (χ3n) is 6.71. The van der Waals surface area contributed by atoms with Crippen LogP contribution >= 0.6 is 0 Å². The fourth-order valence-corrected chi connectivity index (χ4v) is 4.74. The number of rotatable bonds is 12. The minimum Gasteiger partial charge on any atom is -0.480 e. The summed E-state index contributed by atoms with van der Waals surface area (Å²) in [6.07, 6.45) is 7.37. The minimum absolute atomic E-state index is 0.150. The Hall–Kier alpha value is -4.00. The van der Waals surface area contributed by atoms with Crippen molar-refractivity contribution in [3.8, 4) is 0 Å². The van der Waals surface area contributed by atoms with Crippen molar-refractivity contribution in [2.24, 2.45) is 0 Å². The number of carbonyl (C=O) groups is 3. The number of aryl methyl sites for hydroxylation is 1. The zero-order valence-electron chi connectivity index (χ0n) is 20.9. The lowest BCUT2D eigenvalue weighted by molar-refractivity contribution is -0.139. The molecule has 0 saturated heterocycles. The maximum absolute atomic E-state index is 13.0. The maximum Gasteiger partial charge on any atom is 0.326 e. The molecule has 3 aromatic rings. The maximum atomic E-state index is 13.0. The second-order valence-electron chi connectivity index (χ2n) is 9.50.